The van der Waals surface area contributed by atoms with Gasteiger partial charge in [-0.15, -0.1) is 0 Å². The lowest BCUT2D eigenvalue weighted by Crippen LogP contribution is -1.66. The van der Waals surface area contributed by atoms with Gasteiger partial charge in [-0.25, -0.2) is 0 Å². The fraction of sp³-hybridized carbons (Fsp3) is 0.333. The average Bonchev–Trinajstić information content (AvgIpc) is 1.36. The quantitative estimate of drug-likeness (QED) is 0.550. The molecule has 0 unspecified atom stereocenters. The number of rotatable bonds is 0. The van der Waals surface area contributed by atoms with Crippen molar-refractivity contribution in [2.24, 2.45) is 0 Å². The van der Waals surface area contributed by atoms with E-state index in [1.54, 1.807) is 0 Å². The molecule has 36 valence electrons. The number of allylic oxidation sites excluding steroid dienone is 1. The van der Waals surface area contributed by atoms with Gasteiger partial charge in [-0.1, -0.05) is 5.20 Å². The van der Waals surface area contributed by atoms with Gasteiger partial charge in [0.25, 0.3) is 0 Å². The molecule has 0 fully saturated rings. The minimum atomic E-state index is 1.11. The summed E-state index contributed by atoms with van der Waals surface area (Å²) in [5.41, 5.74) is 0. The maximum Gasteiger partial charge on any atom is 0.0545 e. The van der Waals surface area contributed by atoms with E-state index in [9.17, 15) is 0 Å². The summed E-state index contributed by atoms with van der Waals surface area (Å²) < 4.78 is 1.11. The zero-order valence-electron chi connectivity index (χ0n) is 3.76. The van der Waals surface area contributed by atoms with Gasteiger partial charge in [-0.3, -0.25) is 0 Å². The second-order valence-corrected chi connectivity index (χ2v) is 5.41. The van der Waals surface area contributed by atoms with Crippen molar-refractivity contribution in [2.75, 3.05) is 0 Å². The second-order valence-electron chi connectivity index (χ2n) is 1.26. The summed E-state index contributed by atoms with van der Waals surface area (Å²) >= 11 is 6.54. The molecule has 0 aliphatic rings. The van der Waals surface area contributed by atoms with Crippen molar-refractivity contribution in [1.82, 2.24) is 0 Å². The first-order valence-corrected chi connectivity index (χ1v) is 4.21. The Hall–Kier alpha value is 0.917. The third-order valence-corrected chi connectivity index (χ3v) is 3.93. The first-order chi connectivity index (χ1) is 2.64. The van der Waals surface area contributed by atoms with E-state index in [1.807, 2.05) is 0 Å². The lowest BCUT2D eigenvalue weighted by Gasteiger charge is -1.83. The summed E-state index contributed by atoms with van der Waals surface area (Å²) in [6.45, 7) is 2.09. The Balaban J connectivity index is 3.68. The predicted molar refractivity (Wildman–Crippen MR) is 40.5 cm³/mol. The Kier molecular flexibility index (Phi) is 3.45. The molecule has 0 radical (unpaired) electrons. The van der Waals surface area contributed by atoms with Crippen LogP contribution in [-0.2, 0) is 0 Å². The molecule has 0 aliphatic carbocycles. The zero-order valence-corrected chi connectivity index (χ0v) is 8.93. The Morgan fingerprint density at radius 2 is 1.67 bits per heavy atom. The molecular formula is C3H6Br2Si. The third-order valence-electron chi connectivity index (χ3n) is 0.378. The van der Waals surface area contributed by atoms with Gasteiger partial charge in [0, 0.05) is 10.2 Å². The highest BCUT2D eigenvalue weighted by Gasteiger charge is 1.80. The monoisotopic (exact) mass is 228 g/mol. The topological polar surface area (TPSA) is 0 Å². The fourth-order valence-corrected chi connectivity index (χ4v) is 0. The van der Waals surface area contributed by atoms with Gasteiger partial charge in [0.05, 0.1) is 3.39 Å². The first-order valence-electron chi connectivity index (χ1n) is 1.63. The molecule has 0 nitrogen and oxygen atoms in total. The Morgan fingerprint density at radius 3 is 1.67 bits per heavy atom. The van der Waals surface area contributed by atoms with Crippen molar-refractivity contribution >= 4 is 42.1 Å². The predicted octanol–water partition coefficient (Wildman–Crippen LogP) is 1.33. The molecule has 0 atom stereocenters. The maximum atomic E-state index is 3.27. The van der Waals surface area contributed by atoms with E-state index in [2.05, 4.69) is 38.8 Å². The molecule has 0 aromatic heterocycles. The van der Waals surface area contributed by atoms with Gasteiger partial charge < -0.3 is 0 Å². The molecule has 0 rings (SSSR count). The molecule has 3 heteroatoms. The summed E-state index contributed by atoms with van der Waals surface area (Å²) in [6, 6.07) is 0. The van der Waals surface area contributed by atoms with Crippen molar-refractivity contribution in [3.63, 3.8) is 0 Å². The molecule has 0 aliphatic heterocycles. The van der Waals surface area contributed by atoms with E-state index >= 15 is 0 Å². The standard InChI is InChI=1S/C3H6Br2Si/c1-2(6)3(4)5/h1,6H3. The molecule has 0 aromatic carbocycles. The Labute approximate surface area is 57.7 Å². The van der Waals surface area contributed by atoms with Gasteiger partial charge in [-0.05, 0) is 38.8 Å². The zero-order chi connectivity index (χ0) is 5.15. The van der Waals surface area contributed by atoms with Crippen LogP contribution in [0.2, 0.25) is 0 Å². The summed E-state index contributed by atoms with van der Waals surface area (Å²) in [4.78, 5) is 0. The van der Waals surface area contributed by atoms with Crippen LogP contribution in [-0.4, -0.2) is 10.2 Å². The lowest BCUT2D eigenvalue weighted by atomic mass is 10.8. The van der Waals surface area contributed by atoms with Crippen LogP contribution in [0.15, 0.2) is 8.59 Å². The van der Waals surface area contributed by atoms with E-state index in [4.69, 9.17) is 0 Å². The van der Waals surface area contributed by atoms with Crippen LogP contribution < -0.4 is 0 Å². The third kappa shape index (κ3) is 3.12. The molecule has 0 saturated heterocycles. The summed E-state index contributed by atoms with van der Waals surface area (Å²) in [7, 11) is 1.14. The van der Waals surface area contributed by atoms with Crippen LogP contribution in [0, 0.1) is 0 Å². The molecule has 0 spiro atoms. The van der Waals surface area contributed by atoms with Crippen LogP contribution in [0.25, 0.3) is 0 Å². The lowest BCUT2D eigenvalue weighted by molar-refractivity contribution is 1.70. The molecule has 0 aromatic rings. The van der Waals surface area contributed by atoms with Crippen LogP contribution in [0.4, 0.5) is 0 Å². The highest BCUT2D eigenvalue weighted by atomic mass is 79.9. The Morgan fingerprint density at radius 1 is 1.50 bits per heavy atom. The highest BCUT2D eigenvalue weighted by Crippen LogP contribution is 2.15. The van der Waals surface area contributed by atoms with Gasteiger partial charge in [0.1, 0.15) is 0 Å². The summed E-state index contributed by atoms with van der Waals surface area (Å²) in [6.07, 6.45) is 0. The number of halogens is 2. The number of hydrogen-bond acceptors (Lipinski definition) is 0. The van der Waals surface area contributed by atoms with Gasteiger partial charge >= 0.3 is 0 Å². The molecule has 0 saturated carbocycles. The maximum absolute atomic E-state index is 3.27. The SMILES string of the molecule is CC([SiH3])=C(Br)Br. The van der Waals surface area contributed by atoms with Crippen molar-refractivity contribution in [3.8, 4) is 0 Å². The molecule has 0 N–H and O–H groups in total. The van der Waals surface area contributed by atoms with Crippen LogP contribution in [0.1, 0.15) is 6.92 Å². The highest BCUT2D eigenvalue weighted by molar-refractivity contribution is 9.28. The normalized spacial score (nSPS) is 8.50. The van der Waals surface area contributed by atoms with Crippen molar-refractivity contribution in [2.45, 2.75) is 6.92 Å². The van der Waals surface area contributed by atoms with E-state index in [0.29, 0.717) is 0 Å². The van der Waals surface area contributed by atoms with E-state index in [-0.39, 0.29) is 0 Å². The van der Waals surface area contributed by atoms with Crippen LogP contribution >= 0.6 is 31.9 Å². The second kappa shape index (κ2) is 2.99. The smallest absolute Gasteiger partial charge is 0.0545 e. The largest absolute Gasteiger partial charge is 0.0740 e. The van der Waals surface area contributed by atoms with E-state index in [0.717, 1.165) is 13.6 Å². The molecular weight excluding hydrogens is 224 g/mol. The molecule has 6 heavy (non-hydrogen) atoms. The van der Waals surface area contributed by atoms with Crippen molar-refractivity contribution in [3.05, 3.63) is 8.59 Å². The summed E-state index contributed by atoms with van der Waals surface area (Å²) in [5, 5.41) is 1.40. The average molecular weight is 230 g/mol. The minimum Gasteiger partial charge on any atom is -0.0740 e. The Bertz CT molecular complexity index is 58.9. The van der Waals surface area contributed by atoms with Crippen LogP contribution in [0.5, 0.6) is 0 Å². The van der Waals surface area contributed by atoms with Gasteiger partial charge in [-0.2, -0.15) is 0 Å². The van der Waals surface area contributed by atoms with E-state index in [1.165, 1.54) is 5.20 Å². The van der Waals surface area contributed by atoms with Gasteiger partial charge in [0.15, 0.2) is 0 Å². The summed E-state index contributed by atoms with van der Waals surface area (Å²) in [5.74, 6) is 0. The van der Waals surface area contributed by atoms with E-state index < -0.39 is 0 Å². The molecule has 0 heterocycles. The first kappa shape index (κ1) is 6.92. The number of hydrogen-bond donors (Lipinski definition) is 0. The fourth-order valence-electron chi connectivity index (χ4n) is 0. The van der Waals surface area contributed by atoms with Crippen LogP contribution in [0.3, 0.4) is 0 Å². The minimum absolute atomic E-state index is 1.11. The van der Waals surface area contributed by atoms with Crippen molar-refractivity contribution < 1.29 is 0 Å². The molecule has 0 amide bonds. The molecule has 0 bridgehead atoms. The van der Waals surface area contributed by atoms with Crippen molar-refractivity contribution in [1.29, 1.82) is 0 Å². The van der Waals surface area contributed by atoms with Gasteiger partial charge in [0.2, 0.25) is 0 Å².